The molecule has 3 aromatic heterocycles. The molecule has 0 saturated carbocycles. The second-order valence-corrected chi connectivity index (χ2v) is 6.58. The van der Waals surface area contributed by atoms with Gasteiger partial charge in [0.1, 0.15) is 17.8 Å². The maximum Gasteiger partial charge on any atom is 0.406 e. The molecular formula is C16H15F3N4S. The number of hydrogen-bond acceptors (Lipinski definition) is 4. The van der Waals surface area contributed by atoms with Gasteiger partial charge < -0.3 is 0 Å². The van der Waals surface area contributed by atoms with Crippen LogP contribution >= 0.6 is 11.8 Å². The molecule has 0 bridgehead atoms. The largest absolute Gasteiger partial charge is 0.406 e. The predicted molar refractivity (Wildman–Crippen MR) is 87.9 cm³/mol. The molecule has 0 atom stereocenters. The second kappa shape index (κ2) is 6.43. The van der Waals surface area contributed by atoms with E-state index in [0.29, 0.717) is 11.2 Å². The van der Waals surface area contributed by atoms with E-state index >= 15 is 0 Å². The van der Waals surface area contributed by atoms with Crippen LogP contribution in [0.15, 0.2) is 35.5 Å². The fraction of sp³-hybridized carbons (Fsp3) is 0.312. The molecule has 0 aromatic carbocycles. The van der Waals surface area contributed by atoms with Crippen molar-refractivity contribution in [1.82, 2.24) is 19.5 Å². The summed E-state index contributed by atoms with van der Waals surface area (Å²) in [4.78, 5) is 13.6. The van der Waals surface area contributed by atoms with Crippen LogP contribution in [0.1, 0.15) is 12.5 Å². The summed E-state index contributed by atoms with van der Waals surface area (Å²) < 4.78 is 40.3. The molecule has 0 N–H and O–H groups in total. The van der Waals surface area contributed by atoms with Crippen molar-refractivity contribution in [2.24, 2.45) is 0 Å². The molecule has 24 heavy (non-hydrogen) atoms. The van der Waals surface area contributed by atoms with Crippen molar-refractivity contribution in [3.63, 3.8) is 0 Å². The van der Waals surface area contributed by atoms with E-state index in [9.17, 15) is 13.2 Å². The third-order valence-electron chi connectivity index (χ3n) is 3.34. The maximum atomic E-state index is 13.1. The van der Waals surface area contributed by atoms with Gasteiger partial charge in [0, 0.05) is 17.3 Å². The van der Waals surface area contributed by atoms with Crippen molar-refractivity contribution < 1.29 is 13.2 Å². The minimum atomic E-state index is -4.37. The molecular weight excluding hydrogens is 337 g/mol. The summed E-state index contributed by atoms with van der Waals surface area (Å²) >= 11 is 1.52. The Labute approximate surface area is 141 Å². The van der Waals surface area contributed by atoms with Gasteiger partial charge in [-0.1, -0.05) is 6.92 Å². The SMILES string of the molecule is CCSc1cccnc1-c1nc2cc(C)cnc2n1CC(F)(F)F. The third-order valence-corrected chi connectivity index (χ3v) is 4.27. The minimum absolute atomic E-state index is 0.192. The highest BCUT2D eigenvalue weighted by atomic mass is 32.2. The number of imidazole rings is 1. The highest BCUT2D eigenvalue weighted by Gasteiger charge is 2.31. The molecule has 3 heterocycles. The number of aromatic nitrogens is 4. The van der Waals surface area contributed by atoms with Crippen molar-refractivity contribution in [2.75, 3.05) is 5.75 Å². The summed E-state index contributed by atoms with van der Waals surface area (Å²) in [6.45, 7) is 2.65. The van der Waals surface area contributed by atoms with E-state index in [1.807, 2.05) is 19.9 Å². The van der Waals surface area contributed by atoms with Crippen LogP contribution in [0.3, 0.4) is 0 Å². The highest BCUT2D eigenvalue weighted by Crippen LogP contribution is 2.32. The van der Waals surface area contributed by atoms with Gasteiger partial charge in [-0.15, -0.1) is 11.8 Å². The molecule has 0 radical (unpaired) electrons. The van der Waals surface area contributed by atoms with Gasteiger partial charge in [0.2, 0.25) is 0 Å². The Morgan fingerprint density at radius 3 is 2.75 bits per heavy atom. The van der Waals surface area contributed by atoms with Crippen LogP contribution in [0.2, 0.25) is 0 Å². The summed E-state index contributed by atoms with van der Waals surface area (Å²) in [6.07, 6.45) is -1.27. The summed E-state index contributed by atoms with van der Waals surface area (Å²) in [6, 6.07) is 5.33. The predicted octanol–water partition coefficient (Wildman–Crippen LogP) is 4.48. The normalized spacial score (nSPS) is 12.0. The molecule has 0 saturated heterocycles. The molecule has 0 fully saturated rings. The first-order chi connectivity index (χ1) is 11.4. The lowest BCUT2D eigenvalue weighted by molar-refractivity contribution is -0.139. The van der Waals surface area contributed by atoms with Crippen LogP contribution in [-0.2, 0) is 6.54 Å². The van der Waals surface area contributed by atoms with E-state index in [1.54, 1.807) is 24.5 Å². The molecule has 0 unspecified atom stereocenters. The van der Waals surface area contributed by atoms with Crippen molar-refractivity contribution in [2.45, 2.75) is 31.5 Å². The number of nitrogens with zero attached hydrogens (tertiary/aromatic N) is 4. The van der Waals surface area contributed by atoms with E-state index in [0.717, 1.165) is 20.8 Å². The summed E-state index contributed by atoms with van der Waals surface area (Å²) in [5, 5.41) is 0. The first-order valence-electron chi connectivity index (χ1n) is 7.37. The Balaban J connectivity index is 2.25. The van der Waals surface area contributed by atoms with Crippen molar-refractivity contribution in [1.29, 1.82) is 0 Å². The Morgan fingerprint density at radius 1 is 1.25 bits per heavy atom. The molecule has 0 spiro atoms. The highest BCUT2D eigenvalue weighted by molar-refractivity contribution is 7.99. The minimum Gasteiger partial charge on any atom is -0.298 e. The molecule has 3 rings (SSSR count). The molecule has 0 aliphatic heterocycles. The molecule has 3 aromatic rings. The molecule has 0 amide bonds. The monoisotopic (exact) mass is 352 g/mol. The molecule has 126 valence electrons. The number of aryl methyl sites for hydroxylation is 1. The van der Waals surface area contributed by atoms with Crippen LogP contribution in [0, 0.1) is 6.92 Å². The number of halogens is 3. The van der Waals surface area contributed by atoms with Crippen molar-refractivity contribution >= 4 is 22.9 Å². The molecule has 8 heteroatoms. The number of pyridine rings is 2. The van der Waals surface area contributed by atoms with Gasteiger partial charge in [-0.25, -0.2) is 9.97 Å². The first-order valence-corrected chi connectivity index (χ1v) is 8.35. The lowest BCUT2D eigenvalue weighted by Gasteiger charge is -2.12. The zero-order valence-corrected chi connectivity index (χ0v) is 13.9. The van der Waals surface area contributed by atoms with E-state index in [-0.39, 0.29) is 11.5 Å². The molecule has 0 aliphatic rings. The third kappa shape index (κ3) is 3.38. The Bertz CT molecular complexity index is 873. The Morgan fingerprint density at radius 2 is 2.04 bits per heavy atom. The van der Waals surface area contributed by atoms with Crippen LogP contribution < -0.4 is 0 Å². The smallest absolute Gasteiger partial charge is 0.298 e. The topological polar surface area (TPSA) is 43.6 Å². The molecule has 0 aliphatic carbocycles. The number of hydrogen-bond donors (Lipinski definition) is 0. The summed E-state index contributed by atoms with van der Waals surface area (Å²) in [7, 11) is 0. The fourth-order valence-corrected chi connectivity index (χ4v) is 3.22. The van der Waals surface area contributed by atoms with Gasteiger partial charge in [-0.2, -0.15) is 13.2 Å². The van der Waals surface area contributed by atoms with E-state index in [2.05, 4.69) is 15.0 Å². The lowest BCUT2D eigenvalue weighted by atomic mass is 10.3. The number of alkyl halides is 3. The fourth-order valence-electron chi connectivity index (χ4n) is 2.45. The average molecular weight is 352 g/mol. The average Bonchev–Trinajstić information content (AvgIpc) is 2.84. The number of thioether (sulfide) groups is 1. The van der Waals surface area contributed by atoms with E-state index in [1.165, 1.54) is 11.8 Å². The van der Waals surface area contributed by atoms with Crippen LogP contribution in [0.25, 0.3) is 22.7 Å². The number of fused-ring (bicyclic) bond motifs is 1. The van der Waals surface area contributed by atoms with Crippen molar-refractivity contribution in [3.8, 4) is 11.5 Å². The van der Waals surface area contributed by atoms with Crippen LogP contribution in [-0.4, -0.2) is 31.4 Å². The lowest BCUT2D eigenvalue weighted by Crippen LogP contribution is -2.19. The Hall–Kier alpha value is -2.09. The van der Waals surface area contributed by atoms with Gasteiger partial charge in [-0.05, 0) is 36.4 Å². The molecule has 4 nitrogen and oxygen atoms in total. The Kier molecular flexibility index (Phi) is 4.49. The van der Waals surface area contributed by atoms with E-state index < -0.39 is 12.7 Å². The van der Waals surface area contributed by atoms with Crippen LogP contribution in [0.4, 0.5) is 13.2 Å². The second-order valence-electron chi connectivity index (χ2n) is 5.28. The summed E-state index contributed by atoms with van der Waals surface area (Å²) in [5.74, 6) is 0.979. The first kappa shape index (κ1) is 16.8. The standard InChI is InChI=1S/C16H15F3N4S/c1-3-24-12-5-4-6-20-13(12)15-22-11-7-10(2)8-21-14(11)23(15)9-16(17,18)19/h4-8H,3,9H2,1-2H3. The van der Waals surface area contributed by atoms with Crippen molar-refractivity contribution in [3.05, 3.63) is 36.2 Å². The van der Waals surface area contributed by atoms with Gasteiger partial charge in [0.05, 0.1) is 0 Å². The number of rotatable bonds is 4. The van der Waals surface area contributed by atoms with Gasteiger partial charge in [0.25, 0.3) is 0 Å². The van der Waals surface area contributed by atoms with Gasteiger partial charge in [-0.3, -0.25) is 9.55 Å². The van der Waals surface area contributed by atoms with Gasteiger partial charge >= 0.3 is 6.18 Å². The van der Waals surface area contributed by atoms with E-state index in [4.69, 9.17) is 0 Å². The summed E-state index contributed by atoms with van der Waals surface area (Å²) in [5.41, 5.74) is 1.94. The zero-order chi connectivity index (χ0) is 17.3. The maximum absolute atomic E-state index is 13.1. The van der Waals surface area contributed by atoms with Crippen LogP contribution in [0.5, 0.6) is 0 Å². The van der Waals surface area contributed by atoms with Gasteiger partial charge in [0.15, 0.2) is 11.5 Å². The quantitative estimate of drug-likeness (QED) is 0.650. The zero-order valence-electron chi connectivity index (χ0n) is 13.1.